The van der Waals surface area contributed by atoms with Crippen LogP contribution in [0.4, 0.5) is 9.59 Å². The van der Waals surface area contributed by atoms with Gasteiger partial charge in [0.05, 0.1) is 18.0 Å². The molecular weight excluding hydrogens is 514 g/mol. The topological polar surface area (TPSA) is 155 Å². The molecule has 0 radical (unpaired) electrons. The zero-order valence-electron chi connectivity index (χ0n) is 24.6. The number of amides is 3. The summed E-state index contributed by atoms with van der Waals surface area (Å²) in [5, 5.41) is 11.1. The molecule has 1 fully saturated rings. The molecule has 3 amide bonds. The van der Waals surface area contributed by atoms with Crippen LogP contribution in [0.15, 0.2) is 41.6 Å². The first-order chi connectivity index (χ1) is 18.5. The van der Waals surface area contributed by atoms with Crippen molar-refractivity contribution in [1.82, 2.24) is 15.1 Å². The summed E-state index contributed by atoms with van der Waals surface area (Å²) in [7, 11) is 0. The van der Waals surface area contributed by atoms with Crippen LogP contribution >= 0.6 is 0 Å². The fourth-order valence-electron chi connectivity index (χ4n) is 4.25. The van der Waals surface area contributed by atoms with Crippen LogP contribution in [0.3, 0.4) is 0 Å². The average molecular weight is 558 g/mol. The van der Waals surface area contributed by atoms with Gasteiger partial charge in [-0.3, -0.25) is 15.1 Å². The lowest BCUT2D eigenvalue weighted by atomic mass is 9.97. The van der Waals surface area contributed by atoms with Gasteiger partial charge in [-0.25, -0.2) is 9.59 Å². The minimum Gasteiger partial charge on any atom is -0.445 e. The Bertz CT molecular complexity index is 1140. The maximum Gasteiger partial charge on any atom is 0.411 e. The number of benzene rings is 1. The van der Waals surface area contributed by atoms with Gasteiger partial charge in [-0.1, -0.05) is 30.3 Å². The van der Waals surface area contributed by atoms with Crippen molar-refractivity contribution in [2.45, 2.75) is 79.1 Å². The standard InChI is InChI=1S/C26H37N5O5.C3H6O/c1-25(2,3)36-24(34)31-15-19(20(27)26(31,4)5)21(28)29-22(32)18-12-9-13-30(14-18)23(33)35-16-17-10-7-6-8-11-17;1-3(2)4/h6-8,10-11,18H,9,12-16,27H2,1-5H3,(H2,28,29,32);1-2H3/t18-;/m1./s1. The van der Waals surface area contributed by atoms with E-state index in [1.54, 1.807) is 34.6 Å². The van der Waals surface area contributed by atoms with E-state index in [0.29, 0.717) is 30.7 Å². The first kappa shape index (κ1) is 32.3. The van der Waals surface area contributed by atoms with E-state index in [4.69, 9.17) is 20.6 Å². The summed E-state index contributed by atoms with van der Waals surface area (Å²) in [6.07, 6.45) is 0.229. The molecule has 2 aliphatic heterocycles. The number of likely N-dealkylation sites (tertiary alicyclic amines) is 1. The van der Waals surface area contributed by atoms with Crippen molar-refractivity contribution in [2.24, 2.45) is 11.7 Å². The Labute approximate surface area is 236 Å². The lowest BCUT2D eigenvalue weighted by Crippen LogP contribution is -2.48. The van der Waals surface area contributed by atoms with E-state index >= 15 is 0 Å². The summed E-state index contributed by atoms with van der Waals surface area (Å²) in [6.45, 7) is 12.9. The van der Waals surface area contributed by atoms with E-state index in [0.717, 1.165) is 5.56 Å². The van der Waals surface area contributed by atoms with Crippen molar-refractivity contribution in [1.29, 1.82) is 5.41 Å². The number of hydrogen-bond donors (Lipinski definition) is 3. The number of Topliss-reactive ketones (excluding diaryl/α,β-unsaturated/α-hetero) is 1. The summed E-state index contributed by atoms with van der Waals surface area (Å²) in [6, 6.07) is 9.39. The Morgan fingerprint density at radius 3 is 2.27 bits per heavy atom. The van der Waals surface area contributed by atoms with Crippen molar-refractivity contribution in [2.75, 3.05) is 19.6 Å². The predicted octanol–water partition coefficient (Wildman–Crippen LogP) is 3.97. The van der Waals surface area contributed by atoms with E-state index < -0.39 is 29.2 Å². The number of rotatable bonds is 4. The number of piperidine rings is 1. The highest BCUT2D eigenvalue weighted by molar-refractivity contribution is 6.08. The molecule has 220 valence electrons. The normalized spacial score (nSPS) is 18.3. The average Bonchev–Trinajstić information content (AvgIpc) is 3.10. The maximum atomic E-state index is 13.0. The molecule has 2 aliphatic rings. The number of ketones is 1. The summed E-state index contributed by atoms with van der Waals surface area (Å²) in [5.74, 6) is -0.837. The van der Waals surface area contributed by atoms with Crippen molar-refractivity contribution >= 4 is 29.7 Å². The third-order valence-electron chi connectivity index (χ3n) is 6.39. The zero-order valence-corrected chi connectivity index (χ0v) is 24.6. The number of hydrogen-bond acceptors (Lipinski definition) is 8. The number of nitrogens with one attached hydrogen (secondary N) is 2. The summed E-state index contributed by atoms with van der Waals surface area (Å²) < 4.78 is 10.9. The molecule has 1 atom stereocenters. The van der Waals surface area contributed by atoms with E-state index in [1.807, 2.05) is 30.3 Å². The lowest BCUT2D eigenvalue weighted by molar-refractivity contribution is -0.125. The molecule has 0 saturated carbocycles. The lowest BCUT2D eigenvalue weighted by Gasteiger charge is -2.34. The van der Waals surface area contributed by atoms with Gasteiger partial charge in [-0.05, 0) is 66.9 Å². The van der Waals surface area contributed by atoms with Gasteiger partial charge in [0.1, 0.15) is 23.8 Å². The van der Waals surface area contributed by atoms with Gasteiger partial charge in [0.2, 0.25) is 5.91 Å². The van der Waals surface area contributed by atoms with Crippen LogP contribution in [0, 0.1) is 11.3 Å². The van der Waals surface area contributed by atoms with E-state index in [1.165, 1.54) is 23.6 Å². The molecule has 0 aromatic heterocycles. The quantitative estimate of drug-likeness (QED) is 0.374. The van der Waals surface area contributed by atoms with Crippen LogP contribution in [0.1, 0.15) is 66.9 Å². The van der Waals surface area contributed by atoms with Gasteiger partial charge in [0, 0.05) is 24.4 Å². The van der Waals surface area contributed by atoms with Gasteiger partial charge in [0.15, 0.2) is 0 Å². The van der Waals surface area contributed by atoms with Crippen molar-refractivity contribution < 1.29 is 28.7 Å². The SMILES string of the molecule is CC(C)(C)OC(=O)N1CC(C(=N)NC(=O)[C@@H]2CCCN(C(=O)OCc3ccccc3)C2)=C(N)C1(C)C.CC(C)=O. The molecule has 0 aliphatic carbocycles. The van der Waals surface area contributed by atoms with Crippen molar-refractivity contribution in [3.8, 4) is 0 Å². The second kappa shape index (κ2) is 13.5. The molecule has 40 heavy (non-hydrogen) atoms. The monoisotopic (exact) mass is 557 g/mol. The van der Waals surface area contributed by atoms with Crippen LogP contribution in [0.5, 0.6) is 0 Å². The Morgan fingerprint density at radius 1 is 1.10 bits per heavy atom. The third-order valence-corrected chi connectivity index (χ3v) is 6.39. The molecular formula is C29H43N5O6. The predicted molar refractivity (Wildman–Crippen MR) is 151 cm³/mol. The van der Waals surface area contributed by atoms with E-state index in [-0.39, 0.29) is 37.2 Å². The first-order valence-electron chi connectivity index (χ1n) is 13.3. The zero-order chi connectivity index (χ0) is 30.3. The first-order valence-corrected chi connectivity index (χ1v) is 13.3. The molecule has 2 heterocycles. The largest absolute Gasteiger partial charge is 0.445 e. The van der Waals surface area contributed by atoms with Gasteiger partial charge >= 0.3 is 12.2 Å². The Balaban J connectivity index is 0.00000131. The molecule has 0 bridgehead atoms. The van der Waals surface area contributed by atoms with Gasteiger partial charge in [0.25, 0.3) is 0 Å². The fourth-order valence-corrected chi connectivity index (χ4v) is 4.25. The van der Waals surface area contributed by atoms with Crippen molar-refractivity contribution in [3.05, 3.63) is 47.2 Å². The maximum absolute atomic E-state index is 13.0. The third kappa shape index (κ3) is 9.10. The van der Waals surface area contributed by atoms with Crippen LogP contribution in [0.25, 0.3) is 0 Å². The molecule has 1 saturated heterocycles. The molecule has 11 nitrogen and oxygen atoms in total. The molecule has 1 aromatic rings. The Hall–Kier alpha value is -3.89. The Kier molecular flexibility index (Phi) is 10.9. The number of carbonyl (C=O) groups is 4. The van der Waals surface area contributed by atoms with E-state index in [9.17, 15) is 19.2 Å². The van der Waals surface area contributed by atoms with Crippen LogP contribution in [-0.4, -0.2) is 70.3 Å². The van der Waals surface area contributed by atoms with Crippen molar-refractivity contribution in [3.63, 3.8) is 0 Å². The molecule has 11 heteroatoms. The second-order valence-electron chi connectivity index (χ2n) is 11.6. The van der Waals surface area contributed by atoms with Gasteiger partial charge in [-0.15, -0.1) is 0 Å². The minimum atomic E-state index is -0.876. The summed E-state index contributed by atoms with van der Waals surface area (Å²) >= 11 is 0. The number of carbonyl (C=O) groups excluding carboxylic acids is 4. The highest BCUT2D eigenvalue weighted by atomic mass is 16.6. The van der Waals surface area contributed by atoms with Crippen LogP contribution in [0.2, 0.25) is 0 Å². The number of nitrogens with zero attached hydrogens (tertiary/aromatic N) is 2. The smallest absolute Gasteiger partial charge is 0.411 e. The number of ether oxygens (including phenoxy) is 2. The Morgan fingerprint density at radius 2 is 1.70 bits per heavy atom. The van der Waals surface area contributed by atoms with Crippen LogP contribution in [-0.2, 0) is 25.7 Å². The minimum absolute atomic E-state index is 0.0511. The summed E-state index contributed by atoms with van der Waals surface area (Å²) in [5.41, 5.74) is 6.34. The molecule has 4 N–H and O–H groups in total. The highest BCUT2D eigenvalue weighted by Gasteiger charge is 2.44. The number of nitrogens with two attached hydrogens (primary N) is 1. The molecule has 0 spiro atoms. The van der Waals surface area contributed by atoms with Gasteiger partial charge < -0.3 is 30.2 Å². The molecule has 3 rings (SSSR count). The van der Waals surface area contributed by atoms with Crippen LogP contribution < -0.4 is 11.1 Å². The highest BCUT2D eigenvalue weighted by Crippen LogP contribution is 2.33. The van der Waals surface area contributed by atoms with Gasteiger partial charge in [-0.2, -0.15) is 0 Å². The molecule has 1 aromatic carbocycles. The number of amidine groups is 1. The second-order valence-corrected chi connectivity index (χ2v) is 11.6. The van der Waals surface area contributed by atoms with E-state index in [2.05, 4.69) is 5.32 Å². The fraction of sp³-hybridized carbons (Fsp3) is 0.552. The summed E-state index contributed by atoms with van der Waals surface area (Å²) in [4.78, 5) is 50.7. The molecule has 0 unspecified atom stereocenters.